The van der Waals surface area contributed by atoms with Gasteiger partial charge in [-0.25, -0.2) is 0 Å². The number of rotatable bonds is 3. The summed E-state index contributed by atoms with van der Waals surface area (Å²) in [6.45, 7) is 2.37. The Labute approximate surface area is 79.0 Å². The van der Waals surface area contributed by atoms with Gasteiger partial charge in [-0.2, -0.15) is 0 Å². The van der Waals surface area contributed by atoms with Crippen molar-refractivity contribution < 1.29 is 9.53 Å². The highest BCUT2D eigenvalue weighted by Crippen LogP contribution is 2.44. The number of hydrogen-bond donors (Lipinski definition) is 0. The van der Waals surface area contributed by atoms with Gasteiger partial charge in [0.25, 0.3) is 0 Å². The number of ether oxygens (including phenoxy) is 1. The van der Waals surface area contributed by atoms with Crippen LogP contribution >= 0.6 is 0 Å². The Balaban J connectivity index is 1.83. The molecule has 0 N–H and O–H groups in total. The van der Waals surface area contributed by atoms with Crippen LogP contribution in [0, 0.1) is 17.8 Å². The van der Waals surface area contributed by atoms with E-state index in [9.17, 15) is 4.79 Å². The van der Waals surface area contributed by atoms with Gasteiger partial charge in [0.05, 0.1) is 6.61 Å². The van der Waals surface area contributed by atoms with E-state index in [-0.39, 0.29) is 5.97 Å². The van der Waals surface area contributed by atoms with E-state index in [0.29, 0.717) is 24.9 Å². The van der Waals surface area contributed by atoms with Crippen LogP contribution in [0.2, 0.25) is 0 Å². The first-order valence-corrected chi connectivity index (χ1v) is 5.13. The maximum absolute atomic E-state index is 11.2. The average molecular weight is 180 g/mol. The molecule has 0 aromatic heterocycles. The van der Waals surface area contributed by atoms with Crippen LogP contribution in [0.15, 0.2) is 12.2 Å². The highest BCUT2D eigenvalue weighted by molar-refractivity contribution is 5.69. The van der Waals surface area contributed by atoms with Crippen molar-refractivity contribution in [3.63, 3.8) is 0 Å². The van der Waals surface area contributed by atoms with Gasteiger partial charge in [-0.05, 0) is 37.5 Å². The van der Waals surface area contributed by atoms with Gasteiger partial charge >= 0.3 is 5.97 Å². The molecule has 0 radical (unpaired) electrons. The first-order chi connectivity index (χ1) is 6.29. The largest absolute Gasteiger partial charge is 0.466 e. The van der Waals surface area contributed by atoms with Crippen LogP contribution in [0.3, 0.4) is 0 Å². The maximum Gasteiger partial charge on any atom is 0.306 e. The number of carbonyl (C=O) groups excluding carboxylic acids is 1. The van der Waals surface area contributed by atoms with Crippen molar-refractivity contribution in [2.75, 3.05) is 6.61 Å². The van der Waals surface area contributed by atoms with Crippen LogP contribution in [-0.2, 0) is 9.53 Å². The minimum Gasteiger partial charge on any atom is -0.466 e. The van der Waals surface area contributed by atoms with Gasteiger partial charge in [0.2, 0.25) is 0 Å². The number of carbonyl (C=O) groups is 1. The second kappa shape index (κ2) is 3.52. The van der Waals surface area contributed by atoms with Gasteiger partial charge in [-0.3, -0.25) is 4.79 Å². The fourth-order valence-electron chi connectivity index (χ4n) is 2.56. The monoisotopic (exact) mass is 180 g/mol. The van der Waals surface area contributed by atoms with Crippen molar-refractivity contribution in [2.24, 2.45) is 17.8 Å². The number of allylic oxidation sites excluding steroid dienone is 2. The van der Waals surface area contributed by atoms with Crippen molar-refractivity contribution in [1.29, 1.82) is 0 Å². The van der Waals surface area contributed by atoms with Gasteiger partial charge in [0.15, 0.2) is 0 Å². The fraction of sp³-hybridized carbons (Fsp3) is 0.727. The maximum atomic E-state index is 11.2. The molecule has 2 nitrogen and oxygen atoms in total. The van der Waals surface area contributed by atoms with Crippen LogP contribution in [0.5, 0.6) is 0 Å². The minimum absolute atomic E-state index is 0.0200. The zero-order chi connectivity index (χ0) is 9.26. The molecule has 0 aromatic carbocycles. The lowest BCUT2D eigenvalue weighted by Crippen LogP contribution is -2.14. The molecule has 2 aliphatic rings. The van der Waals surface area contributed by atoms with Crippen molar-refractivity contribution in [3.05, 3.63) is 12.2 Å². The van der Waals surface area contributed by atoms with E-state index in [1.54, 1.807) is 0 Å². The SMILES string of the molecule is CCOC(=O)C[C@@H]1C[C@@H]2C=C[C@H]1C2. The molecule has 0 aliphatic heterocycles. The average Bonchev–Trinajstić information content (AvgIpc) is 2.65. The predicted octanol–water partition coefficient (Wildman–Crippen LogP) is 2.15. The second-order valence-electron chi connectivity index (χ2n) is 4.05. The molecule has 2 rings (SSSR count). The Morgan fingerprint density at radius 3 is 2.85 bits per heavy atom. The summed E-state index contributed by atoms with van der Waals surface area (Å²) < 4.78 is 4.95. The van der Waals surface area contributed by atoms with Crippen molar-refractivity contribution in [3.8, 4) is 0 Å². The molecule has 1 saturated carbocycles. The van der Waals surface area contributed by atoms with Gasteiger partial charge in [-0.15, -0.1) is 0 Å². The lowest BCUT2D eigenvalue weighted by atomic mass is 9.91. The molecule has 1 fully saturated rings. The Morgan fingerprint density at radius 2 is 2.31 bits per heavy atom. The topological polar surface area (TPSA) is 26.3 Å². The summed E-state index contributed by atoms with van der Waals surface area (Å²) in [5, 5.41) is 0. The Bertz CT molecular complexity index is 232. The van der Waals surface area contributed by atoms with Gasteiger partial charge < -0.3 is 4.74 Å². The first kappa shape index (κ1) is 8.79. The lowest BCUT2D eigenvalue weighted by Gasteiger charge is -2.16. The third-order valence-electron chi connectivity index (χ3n) is 3.15. The van der Waals surface area contributed by atoms with Crippen molar-refractivity contribution in [2.45, 2.75) is 26.2 Å². The molecule has 0 heterocycles. The molecule has 2 bridgehead atoms. The van der Waals surface area contributed by atoms with E-state index < -0.39 is 0 Å². The summed E-state index contributed by atoms with van der Waals surface area (Å²) in [7, 11) is 0. The molecule has 0 unspecified atom stereocenters. The number of fused-ring (bicyclic) bond motifs is 2. The molecule has 2 heteroatoms. The fourth-order valence-corrected chi connectivity index (χ4v) is 2.56. The van der Waals surface area contributed by atoms with Crippen molar-refractivity contribution in [1.82, 2.24) is 0 Å². The van der Waals surface area contributed by atoms with Crippen LogP contribution in [0.4, 0.5) is 0 Å². The molecule has 13 heavy (non-hydrogen) atoms. The summed E-state index contributed by atoms with van der Waals surface area (Å²) >= 11 is 0. The second-order valence-corrected chi connectivity index (χ2v) is 4.05. The number of hydrogen-bond acceptors (Lipinski definition) is 2. The van der Waals surface area contributed by atoms with Crippen LogP contribution in [0.1, 0.15) is 26.2 Å². The molecular weight excluding hydrogens is 164 g/mol. The minimum atomic E-state index is -0.0200. The van der Waals surface area contributed by atoms with Crippen LogP contribution < -0.4 is 0 Å². The van der Waals surface area contributed by atoms with Gasteiger partial charge in [0, 0.05) is 6.42 Å². The normalized spacial score (nSPS) is 35.3. The summed E-state index contributed by atoms with van der Waals surface area (Å²) in [6.07, 6.45) is 7.66. The smallest absolute Gasteiger partial charge is 0.306 e. The third-order valence-corrected chi connectivity index (χ3v) is 3.15. The highest BCUT2D eigenvalue weighted by atomic mass is 16.5. The molecule has 3 atom stereocenters. The van der Waals surface area contributed by atoms with E-state index >= 15 is 0 Å². The zero-order valence-electron chi connectivity index (χ0n) is 8.03. The molecule has 0 amide bonds. The molecule has 0 aromatic rings. The third kappa shape index (κ3) is 1.77. The lowest BCUT2D eigenvalue weighted by molar-refractivity contribution is -0.144. The molecule has 0 saturated heterocycles. The first-order valence-electron chi connectivity index (χ1n) is 5.13. The Hall–Kier alpha value is -0.790. The van der Waals surface area contributed by atoms with E-state index in [4.69, 9.17) is 4.74 Å². The molecule has 2 aliphatic carbocycles. The zero-order valence-corrected chi connectivity index (χ0v) is 8.03. The molecule has 72 valence electrons. The molecule has 0 spiro atoms. The Kier molecular flexibility index (Phi) is 2.38. The van der Waals surface area contributed by atoms with Gasteiger partial charge in [0.1, 0.15) is 0 Å². The quantitative estimate of drug-likeness (QED) is 0.491. The highest BCUT2D eigenvalue weighted by Gasteiger charge is 2.36. The van der Waals surface area contributed by atoms with E-state index in [2.05, 4.69) is 12.2 Å². The summed E-state index contributed by atoms with van der Waals surface area (Å²) in [5.41, 5.74) is 0. The van der Waals surface area contributed by atoms with Crippen LogP contribution in [0.25, 0.3) is 0 Å². The van der Waals surface area contributed by atoms with E-state index in [0.717, 1.165) is 5.92 Å². The standard InChI is InChI=1S/C11H16O2/c1-2-13-11(12)7-10-6-8-3-4-9(10)5-8/h3-4,8-10H,2,5-7H2,1H3/t8-,9+,10+/m1/s1. The predicted molar refractivity (Wildman–Crippen MR) is 50.1 cm³/mol. The van der Waals surface area contributed by atoms with Crippen LogP contribution in [-0.4, -0.2) is 12.6 Å². The Morgan fingerprint density at radius 1 is 1.46 bits per heavy atom. The summed E-state index contributed by atoms with van der Waals surface area (Å²) in [4.78, 5) is 11.2. The van der Waals surface area contributed by atoms with Gasteiger partial charge in [-0.1, -0.05) is 12.2 Å². The summed E-state index contributed by atoms with van der Waals surface area (Å²) in [6, 6.07) is 0. The van der Waals surface area contributed by atoms with E-state index in [1.165, 1.54) is 12.8 Å². The van der Waals surface area contributed by atoms with Crippen molar-refractivity contribution >= 4 is 5.97 Å². The molecular formula is C11H16O2. The summed E-state index contributed by atoms with van der Waals surface area (Å²) in [5.74, 6) is 1.96. The van der Waals surface area contributed by atoms with E-state index in [1.807, 2.05) is 6.92 Å². The number of esters is 1.